The molecule has 0 saturated carbocycles. The molecule has 396 valence electrons. The van der Waals surface area contributed by atoms with E-state index in [2.05, 4.69) is 36.1 Å². The molecule has 0 radical (unpaired) electrons. The van der Waals surface area contributed by atoms with Crippen LogP contribution in [0.25, 0.3) is 0 Å². The van der Waals surface area contributed by atoms with Crippen LogP contribution in [0.4, 0.5) is 28.8 Å². The average Bonchev–Trinajstić information content (AvgIpc) is 3.12. The first kappa shape index (κ1) is 61.7. The largest absolute Gasteiger partial charge is 0.477 e. The van der Waals surface area contributed by atoms with Crippen LogP contribution < -0.4 is 20.7 Å². The zero-order valence-corrected chi connectivity index (χ0v) is 44.7. The van der Waals surface area contributed by atoms with Crippen molar-refractivity contribution < 1.29 is 61.9 Å². The minimum absolute atomic E-state index is 0.0435. The second-order valence-corrected chi connectivity index (χ2v) is 21.9. The van der Waals surface area contributed by atoms with Crippen molar-refractivity contribution in [3.63, 3.8) is 0 Å². The van der Waals surface area contributed by atoms with Crippen molar-refractivity contribution in [3.05, 3.63) is 17.8 Å². The molecule has 1 aromatic rings. The van der Waals surface area contributed by atoms with Crippen LogP contribution in [-0.4, -0.2) is 134 Å². The van der Waals surface area contributed by atoms with Crippen LogP contribution in [0, 0.1) is 5.41 Å². The fourth-order valence-electron chi connectivity index (χ4n) is 5.23. The van der Waals surface area contributed by atoms with Crippen molar-refractivity contribution in [2.75, 3.05) is 26.2 Å². The predicted molar refractivity (Wildman–Crippen MR) is 262 cm³/mol. The maximum atomic E-state index is 14.1. The van der Waals surface area contributed by atoms with E-state index in [4.69, 9.17) is 38.6 Å². The Morgan fingerprint density at radius 3 is 1.41 bits per heavy atom. The van der Waals surface area contributed by atoms with Gasteiger partial charge in [-0.25, -0.2) is 38.6 Å². The lowest BCUT2D eigenvalue weighted by atomic mass is 10.1. The van der Waals surface area contributed by atoms with Gasteiger partial charge in [0.2, 0.25) is 17.8 Å². The second kappa shape index (κ2) is 26.6. The number of carbonyl (C=O) groups is 6. The SMILES string of the molecule is CC(C)(C)OC(=O)/N=C(/NCCCCCCCN(C(=O)OC(C)(C)C)/C(=N\C(=O)OC(C)(C)C)N(CCCOc1ccc(C(=N)NC(=O)OC(C)(C)C)nn1)C(=O)OC(C)(C)C)NC(=O)OC(C)(C)C. The smallest absolute Gasteiger partial charge is 0.437 e. The number of amidine groups is 1. The Kier molecular flexibility index (Phi) is 23.5. The van der Waals surface area contributed by atoms with Gasteiger partial charge in [0, 0.05) is 25.7 Å². The van der Waals surface area contributed by atoms with E-state index >= 15 is 0 Å². The van der Waals surface area contributed by atoms with E-state index in [0.717, 1.165) is 9.80 Å². The molecule has 0 unspecified atom stereocenters. The summed E-state index contributed by atoms with van der Waals surface area (Å²) in [7, 11) is 0. The van der Waals surface area contributed by atoms with E-state index in [1.54, 1.807) is 125 Å². The van der Waals surface area contributed by atoms with Crippen molar-refractivity contribution >= 4 is 54.3 Å². The number of alkyl carbamates (subject to hydrolysis) is 2. The van der Waals surface area contributed by atoms with Gasteiger partial charge in [0.25, 0.3) is 0 Å². The molecule has 0 spiro atoms. The van der Waals surface area contributed by atoms with Crippen LogP contribution in [0.5, 0.6) is 5.88 Å². The fraction of sp³-hybridized carbons (Fsp3) is 0.723. The quantitative estimate of drug-likeness (QED) is 0.0584. The Labute approximate surface area is 413 Å². The summed E-state index contributed by atoms with van der Waals surface area (Å²) in [6, 6.07) is 2.86. The molecule has 0 aliphatic rings. The van der Waals surface area contributed by atoms with Gasteiger partial charge in [-0.05, 0) is 150 Å². The van der Waals surface area contributed by atoms with Gasteiger partial charge in [-0.2, -0.15) is 0 Å². The minimum Gasteiger partial charge on any atom is -0.477 e. The lowest BCUT2D eigenvalue weighted by Crippen LogP contribution is -2.53. The highest BCUT2D eigenvalue weighted by molar-refractivity contribution is 6.05. The number of nitrogens with zero attached hydrogens (tertiary/aromatic N) is 6. The summed E-state index contributed by atoms with van der Waals surface area (Å²) >= 11 is 0. The molecule has 0 saturated heterocycles. The lowest BCUT2D eigenvalue weighted by Gasteiger charge is -2.34. The van der Waals surface area contributed by atoms with Crippen LogP contribution in [0.15, 0.2) is 22.1 Å². The molecule has 0 aliphatic heterocycles. The van der Waals surface area contributed by atoms with E-state index in [9.17, 15) is 28.8 Å². The van der Waals surface area contributed by atoms with Crippen molar-refractivity contribution in [1.29, 1.82) is 5.41 Å². The van der Waals surface area contributed by atoms with Crippen molar-refractivity contribution in [3.8, 4) is 5.88 Å². The molecule has 1 rings (SSSR count). The summed E-state index contributed by atoms with van der Waals surface area (Å²) in [5.74, 6) is -0.797. The predicted octanol–water partition coefficient (Wildman–Crippen LogP) is 9.22. The van der Waals surface area contributed by atoms with E-state index in [0.29, 0.717) is 38.6 Å². The van der Waals surface area contributed by atoms with Gasteiger partial charge in [0.1, 0.15) is 39.3 Å². The van der Waals surface area contributed by atoms with E-state index in [1.807, 2.05) is 0 Å². The third-order valence-electron chi connectivity index (χ3n) is 7.66. The summed E-state index contributed by atoms with van der Waals surface area (Å²) < 4.78 is 38.6. The summed E-state index contributed by atoms with van der Waals surface area (Å²) in [6.07, 6.45) is -2.46. The van der Waals surface area contributed by atoms with Gasteiger partial charge in [0.05, 0.1) is 6.61 Å². The molecule has 0 fully saturated rings. The summed E-state index contributed by atoms with van der Waals surface area (Å²) in [5.41, 5.74) is -5.32. The molecule has 0 aromatic carbocycles. The van der Waals surface area contributed by atoms with Crippen LogP contribution in [0.2, 0.25) is 0 Å². The molecular formula is C47H80N10O13. The third kappa shape index (κ3) is 29.6. The molecule has 23 nitrogen and oxygen atoms in total. The number of aliphatic imine (C=N–C) groups is 2. The lowest BCUT2D eigenvalue weighted by molar-refractivity contribution is 0.0267. The van der Waals surface area contributed by atoms with Gasteiger partial charge >= 0.3 is 36.6 Å². The van der Waals surface area contributed by atoms with Crippen LogP contribution >= 0.6 is 0 Å². The summed E-state index contributed by atoms with van der Waals surface area (Å²) in [5, 5.41) is 23.8. The first-order chi connectivity index (χ1) is 31.8. The molecule has 1 aromatic heterocycles. The van der Waals surface area contributed by atoms with Gasteiger partial charge in [-0.3, -0.25) is 16.0 Å². The molecule has 70 heavy (non-hydrogen) atoms. The Hall–Kier alpha value is -6.29. The molecular weight excluding hydrogens is 913 g/mol. The van der Waals surface area contributed by atoms with Gasteiger partial charge in [-0.15, -0.1) is 20.2 Å². The van der Waals surface area contributed by atoms with E-state index in [1.165, 1.54) is 12.1 Å². The number of rotatable bonds is 14. The zero-order valence-electron chi connectivity index (χ0n) is 44.7. The number of nitrogens with one attached hydrogen (secondary N) is 4. The zero-order chi connectivity index (χ0) is 53.9. The number of hydrogen-bond acceptors (Lipinski definition) is 16. The highest BCUT2D eigenvalue weighted by Crippen LogP contribution is 2.19. The van der Waals surface area contributed by atoms with Crippen molar-refractivity contribution in [2.24, 2.45) is 9.98 Å². The Balaban J connectivity index is 3.35. The van der Waals surface area contributed by atoms with Gasteiger partial charge in [0.15, 0.2) is 5.84 Å². The Bertz CT molecular complexity index is 1980. The minimum atomic E-state index is -1.08. The molecule has 4 N–H and O–H groups in total. The van der Waals surface area contributed by atoms with Crippen molar-refractivity contribution in [1.82, 2.24) is 35.9 Å². The molecule has 0 bridgehead atoms. The van der Waals surface area contributed by atoms with Gasteiger partial charge in [-0.1, -0.05) is 19.3 Å². The molecule has 0 atom stereocenters. The Morgan fingerprint density at radius 1 is 0.529 bits per heavy atom. The summed E-state index contributed by atoms with van der Waals surface area (Å²) in [4.78, 5) is 88.9. The first-order valence-electron chi connectivity index (χ1n) is 23.2. The highest BCUT2D eigenvalue weighted by atomic mass is 16.6. The number of amides is 6. The number of unbranched alkanes of at least 4 members (excludes halogenated alkanes) is 4. The van der Waals surface area contributed by atoms with E-state index < -0.39 is 76.1 Å². The second-order valence-electron chi connectivity index (χ2n) is 21.9. The van der Waals surface area contributed by atoms with E-state index in [-0.39, 0.29) is 49.5 Å². The Morgan fingerprint density at radius 2 is 0.957 bits per heavy atom. The number of ether oxygens (including phenoxy) is 7. The van der Waals surface area contributed by atoms with Crippen LogP contribution in [0.3, 0.4) is 0 Å². The maximum absolute atomic E-state index is 14.1. The number of guanidine groups is 2. The monoisotopic (exact) mass is 993 g/mol. The topological polar surface area (TPSA) is 284 Å². The highest BCUT2D eigenvalue weighted by Gasteiger charge is 2.35. The van der Waals surface area contributed by atoms with Crippen molar-refractivity contribution in [2.45, 2.75) is 197 Å². The fourth-order valence-corrected chi connectivity index (χ4v) is 5.23. The third-order valence-corrected chi connectivity index (χ3v) is 7.66. The first-order valence-corrected chi connectivity index (χ1v) is 23.2. The molecule has 23 heteroatoms. The standard InChI is InChI=1S/C47H80N10O13/c1-42(2,3)65-36(58)50-33(48)31-25-26-32(55-54-31)64-30-24-29-57(41(63)70-47(16,17)18)35(53-39(61)68-45(10,11)12)56(40(62)69-46(13,14)15)28-23-21-19-20-22-27-49-34(51-37(59)66-43(4,5)6)52-38(60)67-44(7,8)9/h25-26H,19-24,27-30H2,1-18H3,(H2,48,50,58)(H2,49,51,52,59,60)/b53-35+. The van der Waals surface area contributed by atoms with Crippen LogP contribution in [-0.2, 0) is 28.4 Å². The normalized spacial score (nSPS) is 12.7. The van der Waals surface area contributed by atoms with Crippen LogP contribution in [0.1, 0.15) is 169 Å². The molecule has 1 heterocycles. The summed E-state index contributed by atoms with van der Waals surface area (Å²) in [6.45, 7) is 30.2. The van der Waals surface area contributed by atoms with Gasteiger partial charge < -0.3 is 38.5 Å². The maximum Gasteiger partial charge on any atom is 0.437 e. The molecule has 0 aliphatic carbocycles. The average molecular weight is 993 g/mol. The number of carbonyl (C=O) groups excluding carboxylic acids is 6. The number of hydrogen-bond donors (Lipinski definition) is 4. The molecule has 6 amide bonds. The number of aromatic nitrogens is 2.